The Morgan fingerprint density at radius 1 is 0.722 bits per heavy atom. The van der Waals surface area contributed by atoms with E-state index in [-0.39, 0.29) is 17.6 Å². The summed E-state index contributed by atoms with van der Waals surface area (Å²) in [6.07, 6.45) is 0. The molecule has 0 radical (unpaired) electrons. The molecule has 0 saturated carbocycles. The lowest BCUT2D eigenvalue weighted by molar-refractivity contribution is -0.122. The van der Waals surface area contributed by atoms with Crippen molar-refractivity contribution in [3.8, 4) is 5.75 Å². The summed E-state index contributed by atoms with van der Waals surface area (Å²) in [5.74, 6) is -2.91. The van der Waals surface area contributed by atoms with Crippen molar-refractivity contribution < 1.29 is 14.7 Å². The Hall–Kier alpha value is -3.68. The molecule has 2 atom stereocenters. The van der Waals surface area contributed by atoms with E-state index in [1.807, 2.05) is 0 Å². The molecular weight excluding hydrogens is 499 g/mol. The number of hydrazone groups is 2. The molecule has 0 aromatic heterocycles. The van der Waals surface area contributed by atoms with Crippen LogP contribution in [0.3, 0.4) is 0 Å². The first-order valence-corrected chi connectivity index (χ1v) is 12.1. The van der Waals surface area contributed by atoms with E-state index in [0.29, 0.717) is 38.4 Å². The molecule has 9 heteroatoms. The number of amides is 2. The van der Waals surface area contributed by atoms with Crippen molar-refractivity contribution in [3.05, 3.63) is 88.4 Å². The van der Waals surface area contributed by atoms with E-state index in [9.17, 15) is 14.7 Å². The highest BCUT2D eigenvalue weighted by Crippen LogP contribution is 2.45. The second kappa shape index (κ2) is 9.41. The van der Waals surface area contributed by atoms with Crippen molar-refractivity contribution in [1.29, 1.82) is 0 Å². The number of anilines is 2. The molecule has 2 heterocycles. The highest BCUT2D eigenvalue weighted by atomic mass is 35.5. The Morgan fingerprint density at radius 3 is 1.56 bits per heavy atom. The summed E-state index contributed by atoms with van der Waals surface area (Å²) in [5.41, 5.74) is 2.68. The maximum Gasteiger partial charge on any atom is 0.256 e. The van der Waals surface area contributed by atoms with Crippen LogP contribution in [-0.2, 0) is 9.59 Å². The van der Waals surface area contributed by atoms with Crippen molar-refractivity contribution in [2.24, 2.45) is 22.0 Å². The van der Waals surface area contributed by atoms with Crippen molar-refractivity contribution in [2.75, 3.05) is 10.0 Å². The topological polar surface area (TPSA) is 85.6 Å². The first kappa shape index (κ1) is 24.0. The number of hydrogen-bond acceptors (Lipinski definition) is 5. The van der Waals surface area contributed by atoms with Crippen molar-refractivity contribution in [3.63, 3.8) is 0 Å². The minimum atomic E-state index is -0.793. The van der Waals surface area contributed by atoms with Gasteiger partial charge in [0.05, 0.1) is 23.2 Å². The lowest BCUT2D eigenvalue weighted by Gasteiger charge is -2.29. The predicted molar refractivity (Wildman–Crippen MR) is 142 cm³/mol. The van der Waals surface area contributed by atoms with Gasteiger partial charge in [0.2, 0.25) is 0 Å². The lowest BCUT2D eigenvalue weighted by Crippen LogP contribution is -2.40. The second-order valence-corrected chi connectivity index (χ2v) is 9.65. The van der Waals surface area contributed by atoms with E-state index >= 15 is 0 Å². The van der Waals surface area contributed by atoms with Crippen LogP contribution in [-0.4, -0.2) is 28.3 Å². The van der Waals surface area contributed by atoms with Crippen LogP contribution >= 0.6 is 23.2 Å². The van der Waals surface area contributed by atoms with Crippen LogP contribution in [0.2, 0.25) is 10.0 Å². The summed E-state index contributed by atoms with van der Waals surface area (Å²) in [6, 6.07) is 20.3. The Balaban J connectivity index is 1.57. The SMILES string of the molecule is CC1=NN(c2ccc(Cl)cc2)C(=O)C1C(c1ccccc1O)C1C(=O)N(c2ccc(Cl)cc2)N=C1C. The van der Waals surface area contributed by atoms with Gasteiger partial charge < -0.3 is 5.11 Å². The molecule has 1 N–H and O–H groups in total. The smallest absolute Gasteiger partial charge is 0.256 e. The number of para-hydroxylation sites is 1. The molecule has 2 aliphatic rings. The standard InChI is InChI=1S/C27H22Cl2N4O3/c1-15-23(26(35)32(30-15)19-11-7-17(28)8-12-19)25(21-5-3-4-6-22(21)34)24-16(2)31-33(27(24)36)20-13-9-18(29)10-14-20/h3-14,23-25,34H,1-2H3. The fourth-order valence-corrected chi connectivity index (χ4v) is 5.09. The number of phenols is 1. The molecule has 182 valence electrons. The number of aromatic hydroxyl groups is 1. The minimum Gasteiger partial charge on any atom is -0.508 e. The normalized spacial score (nSPS) is 20.6. The van der Waals surface area contributed by atoms with Gasteiger partial charge in [-0.15, -0.1) is 0 Å². The molecule has 0 bridgehead atoms. The van der Waals surface area contributed by atoms with E-state index in [1.165, 1.54) is 10.0 Å². The van der Waals surface area contributed by atoms with Gasteiger partial charge in [0, 0.05) is 27.4 Å². The van der Waals surface area contributed by atoms with Crippen LogP contribution in [0.1, 0.15) is 25.3 Å². The summed E-state index contributed by atoms with van der Waals surface area (Å²) < 4.78 is 0. The molecule has 0 spiro atoms. The largest absolute Gasteiger partial charge is 0.508 e. The third-order valence-corrected chi connectivity index (χ3v) is 7.03. The molecule has 0 aliphatic carbocycles. The summed E-state index contributed by atoms with van der Waals surface area (Å²) in [5, 5.41) is 23.6. The third-order valence-electron chi connectivity index (χ3n) is 6.52. The number of rotatable bonds is 5. The number of carbonyl (C=O) groups excluding carboxylic acids is 2. The van der Waals surface area contributed by atoms with Crippen LogP contribution in [0.4, 0.5) is 11.4 Å². The lowest BCUT2D eigenvalue weighted by atomic mass is 9.72. The van der Waals surface area contributed by atoms with E-state index in [0.717, 1.165) is 0 Å². The Bertz CT molecular complexity index is 1320. The summed E-state index contributed by atoms with van der Waals surface area (Å²) in [7, 11) is 0. The minimum absolute atomic E-state index is 0.00131. The van der Waals surface area contributed by atoms with Gasteiger partial charge in [-0.1, -0.05) is 41.4 Å². The molecule has 3 aromatic rings. The number of halogens is 2. The van der Waals surface area contributed by atoms with Gasteiger partial charge in [0.1, 0.15) is 5.75 Å². The number of carbonyl (C=O) groups is 2. The highest BCUT2D eigenvalue weighted by Gasteiger charge is 2.50. The Kier molecular flexibility index (Phi) is 6.28. The molecule has 2 aliphatic heterocycles. The maximum absolute atomic E-state index is 13.8. The van der Waals surface area contributed by atoms with Gasteiger partial charge in [0.25, 0.3) is 11.8 Å². The molecule has 2 amide bonds. The molecule has 0 saturated heterocycles. The van der Waals surface area contributed by atoms with Gasteiger partial charge in [-0.3, -0.25) is 9.59 Å². The number of hydrogen-bond donors (Lipinski definition) is 1. The summed E-state index contributed by atoms with van der Waals surface area (Å²) in [6.45, 7) is 3.52. The first-order valence-electron chi connectivity index (χ1n) is 11.3. The zero-order chi connectivity index (χ0) is 25.6. The van der Waals surface area contributed by atoms with E-state index in [2.05, 4.69) is 10.2 Å². The van der Waals surface area contributed by atoms with Gasteiger partial charge in [0.15, 0.2) is 0 Å². The molecule has 5 rings (SSSR count). The number of nitrogens with zero attached hydrogens (tertiary/aromatic N) is 4. The van der Waals surface area contributed by atoms with Gasteiger partial charge >= 0.3 is 0 Å². The second-order valence-electron chi connectivity index (χ2n) is 8.78. The number of benzene rings is 3. The Morgan fingerprint density at radius 2 is 1.14 bits per heavy atom. The van der Waals surface area contributed by atoms with Crippen molar-refractivity contribution in [2.45, 2.75) is 19.8 Å². The molecule has 0 fully saturated rings. The molecule has 2 unspecified atom stereocenters. The molecule has 7 nitrogen and oxygen atoms in total. The van der Waals surface area contributed by atoms with Crippen LogP contribution in [0.15, 0.2) is 83.0 Å². The fraction of sp³-hybridized carbons (Fsp3) is 0.185. The zero-order valence-corrected chi connectivity index (χ0v) is 21.0. The van der Waals surface area contributed by atoms with Crippen LogP contribution < -0.4 is 10.0 Å². The highest BCUT2D eigenvalue weighted by molar-refractivity contribution is 6.31. The van der Waals surface area contributed by atoms with Gasteiger partial charge in [-0.05, 0) is 74.0 Å². The Labute approximate surface area is 218 Å². The predicted octanol–water partition coefficient (Wildman–Crippen LogP) is 5.86. The average molecular weight is 521 g/mol. The van der Waals surface area contributed by atoms with Gasteiger partial charge in [-0.2, -0.15) is 10.2 Å². The van der Waals surface area contributed by atoms with Gasteiger partial charge in [-0.25, -0.2) is 10.0 Å². The average Bonchev–Trinajstić information content (AvgIpc) is 3.32. The molecular formula is C27H22Cl2N4O3. The van der Waals surface area contributed by atoms with Crippen molar-refractivity contribution in [1.82, 2.24) is 0 Å². The number of phenolic OH excluding ortho intramolecular Hbond substituents is 1. The third kappa shape index (κ3) is 4.14. The van der Waals surface area contributed by atoms with Crippen LogP contribution in [0.5, 0.6) is 5.75 Å². The maximum atomic E-state index is 13.8. The fourth-order valence-electron chi connectivity index (χ4n) is 4.84. The first-order chi connectivity index (χ1) is 17.3. The quantitative estimate of drug-likeness (QED) is 0.457. The van der Waals surface area contributed by atoms with Crippen LogP contribution in [0.25, 0.3) is 0 Å². The molecule has 36 heavy (non-hydrogen) atoms. The monoisotopic (exact) mass is 520 g/mol. The van der Waals surface area contributed by atoms with E-state index in [1.54, 1.807) is 86.6 Å². The zero-order valence-electron chi connectivity index (χ0n) is 19.5. The summed E-state index contributed by atoms with van der Waals surface area (Å²) in [4.78, 5) is 27.6. The summed E-state index contributed by atoms with van der Waals surface area (Å²) >= 11 is 12.0. The van der Waals surface area contributed by atoms with Crippen molar-refractivity contribution >= 4 is 57.8 Å². The molecule has 3 aromatic carbocycles. The van der Waals surface area contributed by atoms with Crippen LogP contribution in [0, 0.1) is 11.8 Å². The van der Waals surface area contributed by atoms with E-state index < -0.39 is 17.8 Å². The van der Waals surface area contributed by atoms with E-state index in [4.69, 9.17) is 23.2 Å².